The summed E-state index contributed by atoms with van der Waals surface area (Å²) in [5.74, 6) is 3.21. The van der Waals surface area contributed by atoms with Gasteiger partial charge in [-0.25, -0.2) is 4.98 Å². The number of nitrogens with one attached hydrogen (secondary N) is 2. The molecule has 2 unspecified atom stereocenters. The molecular formula is C24H35IN6O2. The number of rotatable bonds is 7. The molecule has 1 aliphatic heterocycles. The van der Waals surface area contributed by atoms with Crippen LogP contribution < -0.4 is 14.8 Å². The number of imidazole rings is 1. The van der Waals surface area contributed by atoms with Gasteiger partial charge in [-0.2, -0.15) is 0 Å². The van der Waals surface area contributed by atoms with Crippen LogP contribution in [-0.4, -0.2) is 66.3 Å². The Morgan fingerprint density at radius 3 is 2.82 bits per heavy atom. The fourth-order valence-electron chi connectivity index (χ4n) is 4.56. The lowest BCUT2D eigenvalue weighted by Crippen LogP contribution is -2.49. The first kappa shape index (κ1) is 25.2. The molecule has 3 aromatic rings. The van der Waals surface area contributed by atoms with Gasteiger partial charge in [0.05, 0.1) is 32.1 Å². The second-order valence-corrected chi connectivity index (χ2v) is 8.45. The third kappa shape index (κ3) is 5.74. The van der Waals surface area contributed by atoms with Crippen molar-refractivity contribution in [1.82, 2.24) is 24.8 Å². The molecule has 2 atom stereocenters. The Balaban J connectivity index is 0.00000306. The zero-order valence-corrected chi connectivity index (χ0v) is 22.2. The minimum Gasteiger partial charge on any atom is -0.497 e. The Morgan fingerprint density at radius 1 is 1.27 bits per heavy atom. The van der Waals surface area contributed by atoms with Gasteiger partial charge in [0.1, 0.15) is 11.5 Å². The zero-order chi connectivity index (χ0) is 22.5. The van der Waals surface area contributed by atoms with Gasteiger partial charge < -0.3 is 29.2 Å². The first-order chi connectivity index (χ1) is 15.6. The summed E-state index contributed by atoms with van der Waals surface area (Å²) in [6.07, 6.45) is 8.93. The molecule has 0 spiro atoms. The van der Waals surface area contributed by atoms with Crippen molar-refractivity contribution in [3.63, 3.8) is 0 Å². The fourth-order valence-corrected chi connectivity index (χ4v) is 4.56. The van der Waals surface area contributed by atoms with Crippen molar-refractivity contribution < 1.29 is 9.47 Å². The van der Waals surface area contributed by atoms with Gasteiger partial charge in [-0.05, 0) is 31.2 Å². The Morgan fingerprint density at radius 2 is 2.12 bits per heavy atom. The van der Waals surface area contributed by atoms with E-state index >= 15 is 0 Å². The number of guanidine groups is 1. The maximum Gasteiger partial charge on any atom is 0.193 e. The molecule has 33 heavy (non-hydrogen) atoms. The van der Waals surface area contributed by atoms with Crippen molar-refractivity contribution in [1.29, 1.82) is 0 Å². The van der Waals surface area contributed by atoms with Crippen LogP contribution in [0.2, 0.25) is 0 Å². The summed E-state index contributed by atoms with van der Waals surface area (Å²) >= 11 is 0. The van der Waals surface area contributed by atoms with Crippen molar-refractivity contribution in [2.45, 2.75) is 32.2 Å². The second kappa shape index (κ2) is 11.6. The van der Waals surface area contributed by atoms with Crippen LogP contribution >= 0.6 is 24.0 Å². The number of aromatic nitrogens is 3. The van der Waals surface area contributed by atoms with Crippen LogP contribution in [0.25, 0.3) is 10.9 Å². The summed E-state index contributed by atoms with van der Waals surface area (Å²) in [6.45, 7) is 5.16. The van der Waals surface area contributed by atoms with E-state index in [9.17, 15) is 0 Å². The number of halogens is 1. The normalized spacial score (nSPS) is 18.8. The molecule has 0 aliphatic carbocycles. The molecule has 3 heterocycles. The molecule has 1 saturated heterocycles. The number of piperidine rings is 1. The van der Waals surface area contributed by atoms with Crippen LogP contribution in [0.5, 0.6) is 11.5 Å². The monoisotopic (exact) mass is 566 g/mol. The zero-order valence-electron chi connectivity index (χ0n) is 19.9. The SMILES string of the molecule is CN=C(NCCCc1cc2c(OC)cc(OC)cc2[nH]1)N1CCC(C)C(n2ccnc2)C1.I. The Hall–Kier alpha value is -2.43. The van der Waals surface area contributed by atoms with Gasteiger partial charge in [0, 0.05) is 62.3 Å². The molecule has 1 aromatic carbocycles. The standard InChI is InChI=1S/C24H34N6O2.HI/c1-17-7-10-29(15-22(17)30-11-9-26-16-30)24(25-2)27-8-5-6-18-12-20-21(28-18)13-19(31-3)14-23(20)32-4;/h9,11-14,16-17,22,28H,5-8,10,15H2,1-4H3,(H,25,27);1H. The molecule has 2 aromatic heterocycles. The maximum absolute atomic E-state index is 5.53. The summed E-state index contributed by atoms with van der Waals surface area (Å²) in [5.41, 5.74) is 2.23. The molecular weight excluding hydrogens is 531 g/mol. The number of hydrogen-bond donors (Lipinski definition) is 2. The minimum absolute atomic E-state index is 0. The summed E-state index contributed by atoms with van der Waals surface area (Å²) in [6, 6.07) is 6.52. The average Bonchev–Trinajstić information content (AvgIpc) is 3.49. The number of fused-ring (bicyclic) bond motifs is 1. The van der Waals surface area contributed by atoms with Gasteiger partial charge in [0.25, 0.3) is 0 Å². The number of benzene rings is 1. The van der Waals surface area contributed by atoms with Gasteiger partial charge >= 0.3 is 0 Å². The van der Waals surface area contributed by atoms with Crippen molar-refractivity contribution in [3.05, 3.63) is 42.6 Å². The molecule has 8 nitrogen and oxygen atoms in total. The van der Waals surface area contributed by atoms with E-state index in [0.717, 1.165) is 67.3 Å². The Bertz CT molecular complexity index is 1050. The maximum atomic E-state index is 5.53. The van der Waals surface area contributed by atoms with E-state index in [1.807, 2.05) is 31.7 Å². The van der Waals surface area contributed by atoms with Crippen LogP contribution in [0.1, 0.15) is 31.5 Å². The third-order valence-electron chi connectivity index (χ3n) is 6.43. The quantitative estimate of drug-likeness (QED) is 0.195. The van der Waals surface area contributed by atoms with Crippen LogP contribution in [0, 0.1) is 5.92 Å². The highest BCUT2D eigenvalue weighted by molar-refractivity contribution is 14.0. The van der Waals surface area contributed by atoms with Gasteiger partial charge in [0.15, 0.2) is 5.96 Å². The molecule has 9 heteroatoms. The average molecular weight is 566 g/mol. The molecule has 0 saturated carbocycles. The lowest BCUT2D eigenvalue weighted by atomic mass is 9.93. The van der Waals surface area contributed by atoms with Crippen molar-refractivity contribution in [3.8, 4) is 11.5 Å². The van der Waals surface area contributed by atoms with E-state index < -0.39 is 0 Å². The molecule has 0 amide bonds. The number of methoxy groups -OCH3 is 2. The smallest absolute Gasteiger partial charge is 0.193 e. The molecule has 0 bridgehead atoms. The number of nitrogens with zero attached hydrogens (tertiary/aromatic N) is 4. The molecule has 2 N–H and O–H groups in total. The topological polar surface area (TPSA) is 79.7 Å². The predicted molar refractivity (Wildman–Crippen MR) is 143 cm³/mol. The second-order valence-electron chi connectivity index (χ2n) is 8.45. The number of H-pyrrole nitrogens is 1. The van der Waals surface area contributed by atoms with Gasteiger partial charge in [-0.15, -0.1) is 24.0 Å². The highest BCUT2D eigenvalue weighted by Gasteiger charge is 2.28. The first-order valence-corrected chi connectivity index (χ1v) is 11.3. The summed E-state index contributed by atoms with van der Waals surface area (Å²) < 4.78 is 13.1. The number of aliphatic imine (C=N–C) groups is 1. The van der Waals surface area contributed by atoms with Crippen LogP contribution in [-0.2, 0) is 6.42 Å². The molecule has 1 aliphatic rings. The summed E-state index contributed by atoms with van der Waals surface area (Å²) in [5, 5.41) is 4.64. The van der Waals surface area contributed by atoms with Crippen molar-refractivity contribution >= 4 is 40.8 Å². The minimum atomic E-state index is 0. The Labute approximate surface area is 212 Å². The summed E-state index contributed by atoms with van der Waals surface area (Å²) in [4.78, 5) is 14.6. The Kier molecular flexibility index (Phi) is 8.87. The lowest BCUT2D eigenvalue weighted by molar-refractivity contribution is 0.189. The molecule has 0 radical (unpaired) electrons. The highest BCUT2D eigenvalue weighted by atomic mass is 127. The largest absolute Gasteiger partial charge is 0.497 e. The molecule has 4 rings (SSSR count). The number of hydrogen-bond acceptors (Lipinski definition) is 4. The fraction of sp³-hybridized carbons (Fsp3) is 0.500. The van der Waals surface area contributed by atoms with Gasteiger partial charge in [-0.3, -0.25) is 4.99 Å². The summed E-state index contributed by atoms with van der Waals surface area (Å²) in [7, 11) is 5.22. The van der Waals surface area contributed by atoms with Crippen LogP contribution in [0.4, 0.5) is 0 Å². The van der Waals surface area contributed by atoms with E-state index in [0.29, 0.717) is 12.0 Å². The van der Waals surface area contributed by atoms with E-state index in [-0.39, 0.29) is 24.0 Å². The van der Waals surface area contributed by atoms with E-state index in [2.05, 4.69) is 48.9 Å². The van der Waals surface area contributed by atoms with E-state index in [4.69, 9.17) is 9.47 Å². The van der Waals surface area contributed by atoms with Gasteiger partial charge in [0.2, 0.25) is 0 Å². The molecule has 180 valence electrons. The van der Waals surface area contributed by atoms with E-state index in [1.54, 1.807) is 14.2 Å². The first-order valence-electron chi connectivity index (χ1n) is 11.3. The van der Waals surface area contributed by atoms with Crippen LogP contribution in [0.3, 0.4) is 0 Å². The lowest BCUT2D eigenvalue weighted by Gasteiger charge is -2.39. The van der Waals surface area contributed by atoms with Crippen LogP contribution in [0.15, 0.2) is 41.9 Å². The van der Waals surface area contributed by atoms with E-state index in [1.165, 1.54) is 5.69 Å². The number of aromatic amines is 1. The number of aryl methyl sites for hydroxylation is 1. The predicted octanol–water partition coefficient (Wildman–Crippen LogP) is 4.09. The number of likely N-dealkylation sites (tertiary alicyclic amines) is 1. The van der Waals surface area contributed by atoms with Crippen molar-refractivity contribution in [2.75, 3.05) is 40.9 Å². The van der Waals surface area contributed by atoms with Gasteiger partial charge in [-0.1, -0.05) is 6.92 Å². The van der Waals surface area contributed by atoms with Crippen molar-refractivity contribution in [2.24, 2.45) is 10.9 Å². The highest BCUT2D eigenvalue weighted by Crippen LogP contribution is 2.32. The molecule has 1 fully saturated rings. The number of ether oxygens (including phenoxy) is 2. The third-order valence-corrected chi connectivity index (χ3v) is 6.43.